The van der Waals surface area contributed by atoms with E-state index >= 15 is 0 Å². The van der Waals surface area contributed by atoms with E-state index in [9.17, 15) is 14.9 Å². The highest BCUT2D eigenvalue weighted by Gasteiger charge is 2.23. The van der Waals surface area contributed by atoms with E-state index in [0.29, 0.717) is 10.6 Å². The Bertz CT molecular complexity index is 953. The molecule has 0 spiro atoms. The van der Waals surface area contributed by atoms with Gasteiger partial charge in [0.25, 0.3) is 11.6 Å². The van der Waals surface area contributed by atoms with Gasteiger partial charge in [-0.15, -0.1) is 0 Å². The number of carbonyl (C=O) groups is 1. The van der Waals surface area contributed by atoms with Crippen LogP contribution in [0.1, 0.15) is 10.4 Å². The van der Waals surface area contributed by atoms with Gasteiger partial charge in [-0.05, 0) is 36.4 Å². The van der Waals surface area contributed by atoms with E-state index in [-0.39, 0.29) is 28.5 Å². The summed E-state index contributed by atoms with van der Waals surface area (Å²) in [5.74, 6) is -0.451. The molecule has 8 nitrogen and oxygen atoms in total. The molecular weight excluding hydrogens is 350 g/mol. The molecule has 3 aromatic rings. The average molecular weight is 360 g/mol. The second-order valence-electron chi connectivity index (χ2n) is 4.91. The van der Waals surface area contributed by atoms with Gasteiger partial charge < -0.3 is 9.26 Å². The molecular formula is C16H10ClN3O5. The number of aromatic nitrogens is 2. The largest absolute Gasteiger partial charge is 0.465 e. The maximum atomic E-state index is 11.5. The van der Waals surface area contributed by atoms with Crippen molar-refractivity contribution in [1.82, 2.24) is 10.1 Å². The summed E-state index contributed by atoms with van der Waals surface area (Å²) >= 11 is 5.83. The number of hydrogen-bond donors (Lipinski definition) is 0. The lowest BCUT2D eigenvalue weighted by Gasteiger charge is -2.01. The Morgan fingerprint density at radius 1 is 1.24 bits per heavy atom. The summed E-state index contributed by atoms with van der Waals surface area (Å²) in [6.45, 7) is 0. The van der Waals surface area contributed by atoms with Crippen LogP contribution in [0.3, 0.4) is 0 Å². The van der Waals surface area contributed by atoms with Crippen LogP contribution in [0.2, 0.25) is 5.02 Å². The number of nitrogens with zero attached hydrogens (tertiary/aromatic N) is 3. The summed E-state index contributed by atoms with van der Waals surface area (Å²) in [6.07, 6.45) is 0. The van der Waals surface area contributed by atoms with Gasteiger partial charge in [0, 0.05) is 16.7 Å². The minimum absolute atomic E-state index is 0.0342. The molecule has 2 aromatic carbocycles. The first-order valence-corrected chi connectivity index (χ1v) is 7.34. The highest BCUT2D eigenvalue weighted by atomic mass is 35.5. The molecule has 0 fully saturated rings. The molecule has 126 valence electrons. The van der Waals surface area contributed by atoms with Gasteiger partial charge in [0.05, 0.1) is 17.6 Å². The Morgan fingerprint density at radius 2 is 1.96 bits per heavy atom. The van der Waals surface area contributed by atoms with Crippen LogP contribution in [0.4, 0.5) is 5.69 Å². The first-order chi connectivity index (χ1) is 12.0. The Hall–Kier alpha value is -3.26. The van der Waals surface area contributed by atoms with Gasteiger partial charge >= 0.3 is 5.97 Å². The van der Waals surface area contributed by atoms with Crippen LogP contribution >= 0.6 is 11.6 Å². The molecule has 0 unspecified atom stereocenters. The van der Waals surface area contributed by atoms with Crippen LogP contribution in [0.5, 0.6) is 0 Å². The molecule has 0 saturated carbocycles. The Balaban J connectivity index is 2.03. The first kappa shape index (κ1) is 16.6. The van der Waals surface area contributed by atoms with Gasteiger partial charge in [-0.3, -0.25) is 10.1 Å². The van der Waals surface area contributed by atoms with E-state index < -0.39 is 10.9 Å². The van der Waals surface area contributed by atoms with Crippen LogP contribution in [0.15, 0.2) is 47.0 Å². The summed E-state index contributed by atoms with van der Waals surface area (Å²) in [4.78, 5) is 26.4. The van der Waals surface area contributed by atoms with Crippen molar-refractivity contribution in [2.75, 3.05) is 7.11 Å². The van der Waals surface area contributed by atoms with Crippen LogP contribution < -0.4 is 0 Å². The summed E-state index contributed by atoms with van der Waals surface area (Å²) in [5, 5.41) is 15.7. The number of halogens is 1. The predicted octanol–water partition coefficient (Wildman–Crippen LogP) is 3.75. The molecule has 0 radical (unpaired) electrons. The van der Waals surface area contributed by atoms with E-state index in [1.54, 1.807) is 24.3 Å². The van der Waals surface area contributed by atoms with Crippen LogP contribution in [0.25, 0.3) is 22.8 Å². The Labute approximate surface area is 146 Å². The molecule has 0 aliphatic carbocycles. The van der Waals surface area contributed by atoms with Crippen molar-refractivity contribution in [1.29, 1.82) is 0 Å². The monoisotopic (exact) mass is 359 g/mol. The number of rotatable bonds is 4. The van der Waals surface area contributed by atoms with Gasteiger partial charge in [0.1, 0.15) is 5.56 Å². The van der Waals surface area contributed by atoms with Gasteiger partial charge in [-0.1, -0.05) is 16.8 Å². The van der Waals surface area contributed by atoms with Crippen molar-refractivity contribution in [2.45, 2.75) is 0 Å². The van der Waals surface area contributed by atoms with Crippen molar-refractivity contribution in [3.8, 4) is 22.8 Å². The fourth-order valence-electron chi connectivity index (χ4n) is 2.16. The molecule has 0 amide bonds. The van der Waals surface area contributed by atoms with E-state index in [1.165, 1.54) is 19.2 Å². The number of nitro benzene ring substituents is 1. The molecule has 0 aliphatic heterocycles. The lowest BCUT2D eigenvalue weighted by Crippen LogP contribution is -2.03. The summed E-state index contributed by atoms with van der Waals surface area (Å²) < 4.78 is 9.70. The zero-order valence-electron chi connectivity index (χ0n) is 12.8. The average Bonchev–Trinajstić information content (AvgIpc) is 3.11. The Kier molecular flexibility index (Phi) is 4.44. The molecule has 0 atom stereocenters. The molecule has 25 heavy (non-hydrogen) atoms. The van der Waals surface area contributed by atoms with Gasteiger partial charge in [0.2, 0.25) is 5.82 Å². The SMILES string of the molecule is COC(=O)c1ccc(-c2nc(-c3ccc(Cl)cc3)no2)c([N+](=O)[O-])c1. The quantitative estimate of drug-likeness (QED) is 0.396. The minimum Gasteiger partial charge on any atom is -0.465 e. The highest BCUT2D eigenvalue weighted by Crippen LogP contribution is 2.31. The molecule has 1 heterocycles. The van der Waals surface area contributed by atoms with Crippen LogP contribution in [0, 0.1) is 10.1 Å². The van der Waals surface area contributed by atoms with E-state index in [2.05, 4.69) is 14.9 Å². The summed E-state index contributed by atoms with van der Waals surface area (Å²) in [5.41, 5.74) is 0.461. The normalized spacial score (nSPS) is 10.5. The standard InChI is InChI=1S/C16H10ClN3O5/c1-24-16(21)10-4-7-12(13(8-10)20(22)23)15-18-14(19-25-15)9-2-5-11(17)6-3-9/h2-8H,1H3. The van der Waals surface area contributed by atoms with Gasteiger partial charge in [0.15, 0.2) is 0 Å². The van der Waals surface area contributed by atoms with E-state index in [4.69, 9.17) is 16.1 Å². The maximum absolute atomic E-state index is 11.5. The van der Waals surface area contributed by atoms with Crippen LogP contribution in [-0.4, -0.2) is 28.1 Å². The molecule has 0 N–H and O–H groups in total. The highest BCUT2D eigenvalue weighted by molar-refractivity contribution is 6.30. The number of benzene rings is 2. The van der Waals surface area contributed by atoms with E-state index in [0.717, 1.165) is 6.07 Å². The topological polar surface area (TPSA) is 108 Å². The molecule has 0 saturated heterocycles. The molecule has 3 rings (SSSR count). The zero-order chi connectivity index (χ0) is 18.0. The van der Waals surface area contributed by atoms with E-state index in [1.807, 2.05) is 0 Å². The number of carbonyl (C=O) groups excluding carboxylic acids is 1. The molecule has 1 aromatic heterocycles. The van der Waals surface area contributed by atoms with Crippen molar-refractivity contribution in [2.24, 2.45) is 0 Å². The lowest BCUT2D eigenvalue weighted by atomic mass is 10.1. The van der Waals surface area contributed by atoms with Crippen molar-refractivity contribution in [3.63, 3.8) is 0 Å². The van der Waals surface area contributed by atoms with Gasteiger partial charge in [-0.2, -0.15) is 4.98 Å². The number of methoxy groups -OCH3 is 1. The molecule has 0 bridgehead atoms. The Morgan fingerprint density at radius 3 is 2.60 bits per heavy atom. The van der Waals surface area contributed by atoms with Crippen molar-refractivity contribution in [3.05, 3.63) is 63.2 Å². The van der Waals surface area contributed by atoms with Crippen LogP contribution in [-0.2, 0) is 4.74 Å². The first-order valence-electron chi connectivity index (χ1n) is 6.96. The van der Waals surface area contributed by atoms with Crippen molar-refractivity contribution >= 4 is 23.3 Å². The molecule has 9 heteroatoms. The van der Waals surface area contributed by atoms with Gasteiger partial charge in [-0.25, -0.2) is 4.79 Å². The number of hydrogen-bond acceptors (Lipinski definition) is 7. The molecule has 0 aliphatic rings. The lowest BCUT2D eigenvalue weighted by molar-refractivity contribution is -0.384. The number of ether oxygens (including phenoxy) is 1. The third kappa shape index (κ3) is 3.33. The fraction of sp³-hybridized carbons (Fsp3) is 0.0625. The third-order valence-corrected chi connectivity index (χ3v) is 3.63. The summed E-state index contributed by atoms with van der Waals surface area (Å²) in [6, 6.07) is 10.6. The number of esters is 1. The second-order valence-corrected chi connectivity index (χ2v) is 5.35. The second kappa shape index (κ2) is 6.70. The maximum Gasteiger partial charge on any atom is 0.338 e. The third-order valence-electron chi connectivity index (χ3n) is 3.37. The minimum atomic E-state index is -0.679. The smallest absolute Gasteiger partial charge is 0.338 e. The summed E-state index contributed by atoms with van der Waals surface area (Å²) in [7, 11) is 1.19. The predicted molar refractivity (Wildman–Crippen MR) is 88.2 cm³/mol. The zero-order valence-corrected chi connectivity index (χ0v) is 13.6. The fourth-order valence-corrected chi connectivity index (χ4v) is 2.28. The number of nitro groups is 1. The van der Waals surface area contributed by atoms with Crippen molar-refractivity contribution < 1.29 is 19.0 Å².